The molecule has 3 aromatic rings. The molecule has 1 aromatic heterocycles. The smallest absolute Gasteiger partial charge is 0.408 e. The molecule has 0 bridgehead atoms. The molecule has 0 aliphatic carbocycles. The molecule has 2 aromatic carbocycles. The number of carbonyl (C=O) groups is 4. The molecule has 0 aliphatic rings. The van der Waals surface area contributed by atoms with Gasteiger partial charge in [-0.3, -0.25) is 9.59 Å². The summed E-state index contributed by atoms with van der Waals surface area (Å²) < 4.78 is 10.3. The minimum absolute atomic E-state index is 0.0603. The van der Waals surface area contributed by atoms with Crippen molar-refractivity contribution in [1.82, 2.24) is 20.9 Å². The van der Waals surface area contributed by atoms with Gasteiger partial charge in [-0.25, -0.2) is 9.59 Å². The Morgan fingerprint density at radius 1 is 0.810 bits per heavy atom. The van der Waals surface area contributed by atoms with Gasteiger partial charge in [0, 0.05) is 23.5 Å². The lowest BCUT2D eigenvalue weighted by Gasteiger charge is -2.29. The van der Waals surface area contributed by atoms with E-state index in [0.717, 1.165) is 22.0 Å². The van der Waals surface area contributed by atoms with Crippen molar-refractivity contribution in [2.24, 2.45) is 11.8 Å². The van der Waals surface area contributed by atoms with E-state index >= 15 is 0 Å². The van der Waals surface area contributed by atoms with E-state index < -0.39 is 42.0 Å². The fourth-order valence-corrected chi connectivity index (χ4v) is 4.66. The van der Waals surface area contributed by atoms with Crippen LogP contribution in [0.15, 0.2) is 60.8 Å². The maximum Gasteiger partial charge on any atom is 0.408 e. The monoisotopic (exact) mass is 578 g/mol. The van der Waals surface area contributed by atoms with Crippen LogP contribution in [0.4, 0.5) is 4.79 Å². The van der Waals surface area contributed by atoms with E-state index in [9.17, 15) is 19.2 Å². The predicted molar refractivity (Wildman–Crippen MR) is 160 cm³/mol. The maximum atomic E-state index is 13.6. The molecule has 1 heterocycles. The third-order valence-corrected chi connectivity index (χ3v) is 7.68. The zero-order valence-electron chi connectivity index (χ0n) is 24.9. The molecule has 0 saturated heterocycles. The molecule has 0 radical (unpaired) electrons. The number of para-hydroxylation sites is 1. The SMILES string of the molecule is CC[C@H](C)[C@H](NC(=O)OCc1ccccc1)C(=O)N[C@H](C(=O)N[C@@H](Cc1c[nH]c2ccccc12)C(=O)OC)[C@@H](C)CC. The number of fused-ring (bicyclic) bond motifs is 1. The number of carbonyl (C=O) groups excluding carboxylic acids is 4. The van der Waals surface area contributed by atoms with Gasteiger partial charge in [-0.15, -0.1) is 0 Å². The first-order valence-corrected chi connectivity index (χ1v) is 14.4. The second-order valence-electron chi connectivity index (χ2n) is 10.6. The highest BCUT2D eigenvalue weighted by Gasteiger charge is 2.34. The zero-order valence-corrected chi connectivity index (χ0v) is 24.9. The Morgan fingerprint density at radius 2 is 1.40 bits per heavy atom. The van der Waals surface area contributed by atoms with Gasteiger partial charge >= 0.3 is 12.1 Å². The second-order valence-corrected chi connectivity index (χ2v) is 10.6. The topological polar surface area (TPSA) is 139 Å². The van der Waals surface area contributed by atoms with Crippen LogP contribution in [-0.2, 0) is 36.9 Å². The van der Waals surface area contributed by atoms with Crippen molar-refractivity contribution in [1.29, 1.82) is 0 Å². The summed E-state index contributed by atoms with van der Waals surface area (Å²) >= 11 is 0. The lowest BCUT2D eigenvalue weighted by molar-refractivity contribution is -0.145. The normalized spacial score (nSPS) is 14.6. The first kappa shape index (κ1) is 32.2. The Labute approximate surface area is 246 Å². The summed E-state index contributed by atoms with van der Waals surface area (Å²) in [5.41, 5.74) is 2.58. The van der Waals surface area contributed by atoms with Crippen LogP contribution < -0.4 is 16.0 Å². The molecule has 0 saturated carbocycles. The number of nitrogens with one attached hydrogen (secondary N) is 4. The quantitative estimate of drug-likeness (QED) is 0.211. The van der Waals surface area contributed by atoms with Gasteiger partial charge in [-0.05, 0) is 29.0 Å². The highest BCUT2D eigenvalue weighted by atomic mass is 16.5. The number of aromatic nitrogens is 1. The van der Waals surface area contributed by atoms with Crippen LogP contribution in [0.25, 0.3) is 10.9 Å². The van der Waals surface area contributed by atoms with Crippen molar-refractivity contribution in [3.63, 3.8) is 0 Å². The highest BCUT2D eigenvalue weighted by Crippen LogP contribution is 2.20. The van der Waals surface area contributed by atoms with E-state index in [1.807, 2.05) is 82.3 Å². The Kier molecular flexibility index (Phi) is 12.0. The van der Waals surface area contributed by atoms with E-state index in [4.69, 9.17) is 9.47 Å². The third kappa shape index (κ3) is 8.58. The van der Waals surface area contributed by atoms with Gasteiger partial charge in [-0.2, -0.15) is 0 Å². The summed E-state index contributed by atoms with van der Waals surface area (Å²) in [7, 11) is 1.27. The summed E-state index contributed by atoms with van der Waals surface area (Å²) in [6.07, 6.45) is 2.47. The van der Waals surface area contributed by atoms with Crippen LogP contribution in [0.2, 0.25) is 0 Å². The largest absolute Gasteiger partial charge is 0.467 e. The van der Waals surface area contributed by atoms with Crippen LogP contribution in [-0.4, -0.2) is 54.1 Å². The summed E-state index contributed by atoms with van der Waals surface area (Å²) in [5, 5.41) is 9.24. The van der Waals surface area contributed by atoms with Crippen LogP contribution in [0.5, 0.6) is 0 Å². The molecule has 5 atom stereocenters. The van der Waals surface area contributed by atoms with Crippen molar-refractivity contribution < 1.29 is 28.7 Å². The van der Waals surface area contributed by atoms with Gasteiger partial charge < -0.3 is 30.4 Å². The van der Waals surface area contributed by atoms with Crippen LogP contribution in [0, 0.1) is 11.8 Å². The third-order valence-electron chi connectivity index (χ3n) is 7.68. The molecule has 226 valence electrons. The average molecular weight is 579 g/mol. The molecule has 42 heavy (non-hydrogen) atoms. The number of amides is 3. The Balaban J connectivity index is 1.73. The number of methoxy groups -OCH3 is 1. The van der Waals surface area contributed by atoms with Crippen molar-refractivity contribution in [3.8, 4) is 0 Å². The second kappa shape index (κ2) is 15.6. The number of esters is 1. The zero-order chi connectivity index (χ0) is 30.6. The van der Waals surface area contributed by atoms with Crippen molar-refractivity contribution in [2.45, 2.75) is 71.7 Å². The number of hydrogen-bond donors (Lipinski definition) is 4. The molecule has 4 N–H and O–H groups in total. The van der Waals surface area contributed by atoms with Gasteiger partial charge in [0.05, 0.1) is 7.11 Å². The van der Waals surface area contributed by atoms with Gasteiger partial charge in [0.25, 0.3) is 0 Å². The molecular weight excluding hydrogens is 536 g/mol. The van der Waals surface area contributed by atoms with Crippen LogP contribution in [0.3, 0.4) is 0 Å². The van der Waals surface area contributed by atoms with Gasteiger partial charge in [0.2, 0.25) is 11.8 Å². The highest BCUT2D eigenvalue weighted by molar-refractivity contribution is 5.93. The summed E-state index contributed by atoms with van der Waals surface area (Å²) in [4.78, 5) is 55.6. The molecule has 0 fully saturated rings. The van der Waals surface area contributed by atoms with E-state index in [2.05, 4.69) is 20.9 Å². The molecule has 10 nitrogen and oxygen atoms in total. The van der Waals surface area contributed by atoms with Gasteiger partial charge in [0.1, 0.15) is 24.7 Å². The Bertz CT molecular complexity index is 1340. The van der Waals surface area contributed by atoms with Gasteiger partial charge in [0.15, 0.2) is 0 Å². The number of alkyl carbamates (subject to hydrolysis) is 1. The summed E-state index contributed by atoms with van der Waals surface area (Å²) in [6, 6.07) is 14.0. The molecule has 3 rings (SSSR count). The van der Waals surface area contributed by atoms with Crippen molar-refractivity contribution >= 4 is 34.8 Å². The van der Waals surface area contributed by atoms with Gasteiger partial charge in [-0.1, -0.05) is 89.1 Å². The standard InChI is InChI=1S/C32H42N4O6/c1-6-20(3)27(29(37)34-26(31(39)41-5)17-23-18-33-25-16-12-11-15-24(23)25)35-30(38)28(21(4)7-2)36-32(40)42-19-22-13-9-8-10-14-22/h8-16,18,20-21,26-28,33H,6-7,17,19H2,1-5H3,(H,34,37)(H,35,38)(H,36,40)/t20-,21-,26-,27-,28-/m0/s1. The first-order valence-electron chi connectivity index (χ1n) is 14.4. The molecule has 0 aliphatic heterocycles. The minimum atomic E-state index is -0.971. The number of benzene rings is 2. The van der Waals surface area contributed by atoms with Crippen molar-refractivity contribution in [3.05, 3.63) is 71.9 Å². The fourth-order valence-electron chi connectivity index (χ4n) is 4.66. The fraction of sp³-hybridized carbons (Fsp3) is 0.438. The predicted octanol–water partition coefficient (Wildman–Crippen LogP) is 4.24. The van der Waals surface area contributed by atoms with E-state index in [1.165, 1.54) is 7.11 Å². The molecule has 0 spiro atoms. The molecule has 0 unspecified atom stereocenters. The van der Waals surface area contributed by atoms with E-state index in [1.54, 1.807) is 6.20 Å². The molecule has 3 amide bonds. The number of aromatic amines is 1. The Morgan fingerprint density at radius 3 is 2.05 bits per heavy atom. The van der Waals surface area contributed by atoms with E-state index in [-0.39, 0.29) is 24.9 Å². The van der Waals surface area contributed by atoms with Crippen molar-refractivity contribution in [2.75, 3.05) is 7.11 Å². The summed E-state index contributed by atoms with van der Waals surface area (Å²) in [6.45, 7) is 7.56. The number of rotatable bonds is 14. The Hall–Kier alpha value is -4.34. The number of H-pyrrole nitrogens is 1. The lowest BCUT2D eigenvalue weighted by atomic mass is 9.94. The van der Waals surface area contributed by atoms with E-state index in [0.29, 0.717) is 12.8 Å². The number of hydrogen-bond acceptors (Lipinski definition) is 6. The summed E-state index contributed by atoms with van der Waals surface area (Å²) in [5.74, 6) is -2.11. The average Bonchev–Trinajstić information content (AvgIpc) is 3.42. The lowest BCUT2D eigenvalue weighted by Crippen LogP contribution is -2.59. The van der Waals surface area contributed by atoms with Crippen LogP contribution >= 0.6 is 0 Å². The number of ether oxygens (including phenoxy) is 2. The first-order chi connectivity index (χ1) is 20.2. The maximum absolute atomic E-state index is 13.6. The molecule has 10 heteroatoms. The minimum Gasteiger partial charge on any atom is -0.467 e. The van der Waals surface area contributed by atoms with Crippen LogP contribution in [0.1, 0.15) is 51.7 Å². The molecular formula is C32H42N4O6.